The zero-order chi connectivity index (χ0) is 24.4. The van der Waals surface area contributed by atoms with E-state index < -0.39 is 22.8 Å². The third kappa shape index (κ3) is 4.73. The number of nitrogens with one attached hydrogen (secondary N) is 1. The average molecular weight is 501 g/mol. The van der Waals surface area contributed by atoms with E-state index in [4.69, 9.17) is 33.2 Å². The molecule has 4 aromatic rings. The summed E-state index contributed by atoms with van der Waals surface area (Å²) in [6.45, 7) is 0. The van der Waals surface area contributed by atoms with Crippen LogP contribution in [0.25, 0.3) is 5.69 Å². The number of aromatic nitrogens is 5. The minimum absolute atomic E-state index is 0.0523. The molecule has 2 heterocycles. The van der Waals surface area contributed by atoms with E-state index >= 15 is 0 Å². The zero-order valence-electron chi connectivity index (χ0n) is 16.8. The van der Waals surface area contributed by atoms with Gasteiger partial charge in [-0.25, -0.2) is 9.18 Å². The quantitative estimate of drug-likeness (QED) is 0.424. The maximum Gasteiger partial charge on any atom is 0.349 e. The molecule has 0 unspecified atom stereocenters. The number of aromatic amines is 1. The maximum absolute atomic E-state index is 13.1. The smallest absolute Gasteiger partial charge is 0.349 e. The Bertz CT molecular complexity index is 1540. The van der Waals surface area contributed by atoms with Gasteiger partial charge in [0.25, 0.3) is 5.56 Å². The Balaban J connectivity index is 1.66. The fraction of sp³-hybridized carbons (Fsp3) is 0.0476. The molecule has 2 N–H and O–H groups in total. The van der Waals surface area contributed by atoms with Gasteiger partial charge in [0.1, 0.15) is 11.9 Å². The molecular formula is C21H11Cl2FN6O4. The lowest BCUT2D eigenvalue weighted by molar-refractivity contribution is 0.421. The van der Waals surface area contributed by atoms with Crippen molar-refractivity contribution in [3.8, 4) is 29.3 Å². The van der Waals surface area contributed by atoms with E-state index in [1.165, 1.54) is 24.3 Å². The molecule has 0 aliphatic heterocycles. The minimum atomic E-state index is -0.929. The third-order valence-electron chi connectivity index (χ3n) is 4.46. The Kier molecular flexibility index (Phi) is 6.27. The second-order valence-electron chi connectivity index (χ2n) is 6.76. The summed E-state index contributed by atoms with van der Waals surface area (Å²) in [5, 5.41) is 22.6. The number of benzene rings is 2. The van der Waals surface area contributed by atoms with E-state index in [-0.39, 0.29) is 45.4 Å². The van der Waals surface area contributed by atoms with Crippen LogP contribution in [0.5, 0.6) is 17.5 Å². The monoisotopic (exact) mass is 500 g/mol. The summed E-state index contributed by atoms with van der Waals surface area (Å²) in [6, 6.07) is 9.61. The topological polar surface area (TPSA) is 147 Å². The average Bonchev–Trinajstić information content (AvgIpc) is 2.80. The Morgan fingerprint density at radius 3 is 2.50 bits per heavy atom. The number of nitrogens with zero attached hydrogens (tertiary/aromatic N) is 5. The van der Waals surface area contributed by atoms with E-state index in [0.29, 0.717) is 5.56 Å². The predicted molar refractivity (Wildman–Crippen MR) is 118 cm³/mol. The lowest BCUT2D eigenvalue weighted by Crippen LogP contribution is -2.33. The van der Waals surface area contributed by atoms with Crippen LogP contribution < -0.4 is 16.0 Å². The van der Waals surface area contributed by atoms with Crippen LogP contribution in [0.4, 0.5) is 4.39 Å². The van der Waals surface area contributed by atoms with Crippen LogP contribution >= 0.6 is 23.2 Å². The highest BCUT2D eigenvalue weighted by Gasteiger charge is 2.17. The van der Waals surface area contributed by atoms with Crippen LogP contribution in [0, 0.1) is 17.1 Å². The van der Waals surface area contributed by atoms with Crippen molar-refractivity contribution in [2.24, 2.45) is 0 Å². The van der Waals surface area contributed by atoms with E-state index in [9.17, 15) is 19.1 Å². The standard InChI is InChI=1S/C21H11Cl2FN6O4/c22-13-6-12(30-21(33)28-19(32)16(8-25)29-30)7-14(23)18(13)34-20-26-9-17(31)15(27-20)5-10-1-3-11(24)4-2-10/h1-4,6-7,9,31H,5H2,(H,28,32,33). The summed E-state index contributed by atoms with van der Waals surface area (Å²) in [5.74, 6) is -0.639. The Morgan fingerprint density at radius 1 is 1.18 bits per heavy atom. The summed E-state index contributed by atoms with van der Waals surface area (Å²) in [5.41, 5.74) is -1.40. The van der Waals surface area contributed by atoms with Gasteiger partial charge in [-0.1, -0.05) is 35.3 Å². The van der Waals surface area contributed by atoms with Gasteiger partial charge in [0.15, 0.2) is 11.5 Å². The van der Waals surface area contributed by atoms with Gasteiger partial charge < -0.3 is 9.84 Å². The Labute approximate surface area is 199 Å². The summed E-state index contributed by atoms with van der Waals surface area (Å²) in [4.78, 5) is 33.7. The second kappa shape index (κ2) is 9.30. The first-order valence-corrected chi connectivity index (χ1v) is 10.1. The molecule has 2 aromatic heterocycles. The summed E-state index contributed by atoms with van der Waals surface area (Å²) in [7, 11) is 0. The van der Waals surface area contributed by atoms with E-state index in [0.717, 1.165) is 10.9 Å². The molecule has 0 radical (unpaired) electrons. The van der Waals surface area contributed by atoms with Crippen LogP contribution in [0.15, 0.2) is 52.2 Å². The molecule has 0 saturated carbocycles. The number of aromatic hydroxyl groups is 1. The Morgan fingerprint density at radius 2 is 1.85 bits per heavy atom. The molecule has 0 saturated heterocycles. The van der Waals surface area contributed by atoms with E-state index in [1.54, 1.807) is 18.2 Å². The molecule has 170 valence electrons. The van der Waals surface area contributed by atoms with Gasteiger partial charge in [-0.3, -0.25) is 9.78 Å². The van der Waals surface area contributed by atoms with Gasteiger partial charge in [0, 0.05) is 6.42 Å². The van der Waals surface area contributed by atoms with Crippen molar-refractivity contribution >= 4 is 23.2 Å². The van der Waals surface area contributed by atoms with Crippen LogP contribution in [0.1, 0.15) is 17.0 Å². The van der Waals surface area contributed by atoms with Crippen LogP contribution in [-0.4, -0.2) is 29.8 Å². The highest BCUT2D eigenvalue weighted by atomic mass is 35.5. The Hall–Kier alpha value is -4.27. The van der Waals surface area contributed by atoms with Crippen molar-refractivity contribution < 1.29 is 14.2 Å². The first kappa shape index (κ1) is 22.9. The minimum Gasteiger partial charge on any atom is -0.504 e. The predicted octanol–water partition coefficient (Wildman–Crippen LogP) is 3.12. The van der Waals surface area contributed by atoms with Gasteiger partial charge in [-0.15, -0.1) is 5.10 Å². The summed E-state index contributed by atoms with van der Waals surface area (Å²) in [6.07, 6.45) is 1.30. The first-order valence-electron chi connectivity index (χ1n) is 9.35. The van der Waals surface area contributed by atoms with Crippen LogP contribution in [0.3, 0.4) is 0 Å². The molecule has 13 heteroatoms. The molecule has 0 aliphatic rings. The number of ether oxygens (including phenoxy) is 1. The zero-order valence-corrected chi connectivity index (χ0v) is 18.3. The molecule has 0 spiro atoms. The molecule has 0 bridgehead atoms. The summed E-state index contributed by atoms with van der Waals surface area (Å²) >= 11 is 12.6. The van der Waals surface area contributed by atoms with E-state index in [2.05, 4.69) is 15.1 Å². The molecule has 0 fully saturated rings. The van der Waals surface area contributed by atoms with Gasteiger partial charge in [0.2, 0.25) is 5.69 Å². The van der Waals surface area contributed by atoms with Crippen LogP contribution in [0.2, 0.25) is 10.0 Å². The maximum atomic E-state index is 13.1. The van der Waals surface area contributed by atoms with Gasteiger partial charge in [0.05, 0.1) is 27.6 Å². The van der Waals surface area contributed by atoms with Crippen molar-refractivity contribution in [3.05, 3.63) is 96.2 Å². The van der Waals surface area contributed by atoms with Crippen molar-refractivity contribution in [2.45, 2.75) is 6.42 Å². The van der Waals surface area contributed by atoms with Gasteiger partial charge in [-0.05, 0) is 29.8 Å². The van der Waals surface area contributed by atoms with Crippen molar-refractivity contribution in [2.75, 3.05) is 0 Å². The normalized spacial score (nSPS) is 10.6. The molecule has 34 heavy (non-hydrogen) atoms. The second-order valence-corrected chi connectivity index (χ2v) is 7.57. The number of hydrogen-bond donors (Lipinski definition) is 2. The SMILES string of the molecule is N#Cc1nn(-c2cc(Cl)c(Oc3ncc(O)c(Cc4ccc(F)cc4)n3)c(Cl)c2)c(=O)[nH]c1=O. The number of hydrogen-bond acceptors (Lipinski definition) is 8. The van der Waals surface area contributed by atoms with Crippen molar-refractivity contribution in [3.63, 3.8) is 0 Å². The highest BCUT2D eigenvalue weighted by molar-refractivity contribution is 6.37. The third-order valence-corrected chi connectivity index (χ3v) is 5.02. The molecule has 2 aromatic carbocycles. The lowest BCUT2D eigenvalue weighted by Gasteiger charge is -2.12. The fourth-order valence-corrected chi connectivity index (χ4v) is 3.43. The number of nitriles is 1. The fourth-order valence-electron chi connectivity index (χ4n) is 2.87. The van der Waals surface area contributed by atoms with Crippen molar-refractivity contribution in [1.82, 2.24) is 24.7 Å². The first-order chi connectivity index (χ1) is 16.2. The number of H-pyrrole nitrogens is 1. The molecule has 0 amide bonds. The number of rotatable bonds is 5. The molecule has 0 atom stereocenters. The van der Waals surface area contributed by atoms with Gasteiger partial charge in [-0.2, -0.15) is 19.9 Å². The molecular weight excluding hydrogens is 490 g/mol. The molecule has 10 nitrogen and oxygen atoms in total. The highest BCUT2D eigenvalue weighted by Crippen LogP contribution is 2.37. The van der Waals surface area contributed by atoms with E-state index in [1.807, 2.05) is 4.98 Å². The molecule has 0 aliphatic carbocycles. The lowest BCUT2D eigenvalue weighted by atomic mass is 10.1. The van der Waals surface area contributed by atoms with Gasteiger partial charge >= 0.3 is 11.7 Å². The van der Waals surface area contributed by atoms with Crippen molar-refractivity contribution in [1.29, 1.82) is 5.26 Å². The summed E-state index contributed by atoms with van der Waals surface area (Å²) < 4.78 is 19.5. The largest absolute Gasteiger partial charge is 0.504 e. The van der Waals surface area contributed by atoms with Crippen LogP contribution in [-0.2, 0) is 6.42 Å². The number of halogens is 3. The molecule has 4 rings (SSSR count).